The maximum atomic E-state index is 13.8. The van der Waals surface area contributed by atoms with Crippen molar-refractivity contribution in [1.82, 2.24) is 4.90 Å². The molecule has 0 radical (unpaired) electrons. The lowest BCUT2D eigenvalue weighted by Gasteiger charge is -2.36. The number of nitrogens with zero attached hydrogens (tertiary/aromatic N) is 1. The number of Topliss-reactive ketones (excluding diaryl/α,β-unsaturated/α-hetero) is 1. The maximum absolute atomic E-state index is 13.8. The van der Waals surface area contributed by atoms with E-state index in [1.165, 1.54) is 4.90 Å². The number of hydrogen-bond acceptors (Lipinski definition) is 10. The van der Waals surface area contributed by atoms with Crippen LogP contribution >= 0.6 is 0 Å². The molecule has 2 aromatic rings. The van der Waals surface area contributed by atoms with Crippen molar-refractivity contribution in [3.05, 3.63) is 53.6 Å². The van der Waals surface area contributed by atoms with Gasteiger partial charge in [-0.3, -0.25) is 9.59 Å². The summed E-state index contributed by atoms with van der Waals surface area (Å²) in [7, 11) is 3.12. The fourth-order valence-corrected chi connectivity index (χ4v) is 5.25. The minimum Gasteiger partial charge on any atom is -0.493 e. The summed E-state index contributed by atoms with van der Waals surface area (Å²) in [6, 6.07) is 11.6. The fourth-order valence-electron chi connectivity index (χ4n) is 5.25. The van der Waals surface area contributed by atoms with Gasteiger partial charge in [-0.25, -0.2) is 9.59 Å². The summed E-state index contributed by atoms with van der Waals surface area (Å²) in [5, 5.41) is 9.84. The number of hydrogen-bond donors (Lipinski definition) is 1. The van der Waals surface area contributed by atoms with Gasteiger partial charge >= 0.3 is 11.9 Å². The predicted octanol–water partition coefficient (Wildman–Crippen LogP) is 5.39. The molecule has 1 unspecified atom stereocenters. The molecule has 1 N–H and O–H groups in total. The van der Waals surface area contributed by atoms with E-state index in [1.54, 1.807) is 66.2 Å². The zero-order chi connectivity index (χ0) is 35.5. The molecular weight excluding hydrogens is 618 g/mol. The smallest absolute Gasteiger partial charge is 0.344 e. The molecule has 1 aliphatic rings. The van der Waals surface area contributed by atoms with Crippen LogP contribution in [0.5, 0.6) is 17.2 Å². The first kappa shape index (κ1) is 38.3. The van der Waals surface area contributed by atoms with Crippen LogP contribution in [0, 0.1) is 5.41 Å². The van der Waals surface area contributed by atoms with Crippen molar-refractivity contribution >= 4 is 23.6 Å². The zero-order valence-electron chi connectivity index (χ0n) is 29.3. The molecule has 0 saturated carbocycles. The van der Waals surface area contributed by atoms with E-state index in [-0.39, 0.29) is 19.6 Å². The summed E-state index contributed by atoms with van der Waals surface area (Å²) in [6.07, 6.45) is 2.74. The minimum atomic E-state index is -0.956. The minimum absolute atomic E-state index is 0.0577. The summed E-state index contributed by atoms with van der Waals surface area (Å²) in [5.74, 6) is -0.789. The first-order valence-corrected chi connectivity index (χ1v) is 16.6. The number of benzene rings is 2. The number of piperidine rings is 1. The van der Waals surface area contributed by atoms with Gasteiger partial charge in [-0.1, -0.05) is 39.0 Å². The lowest BCUT2D eigenvalue weighted by atomic mass is 9.84. The third-order valence-electron chi connectivity index (χ3n) is 8.69. The number of ether oxygens (including phenoxy) is 5. The average molecular weight is 670 g/mol. The second-order valence-electron chi connectivity index (χ2n) is 13.4. The van der Waals surface area contributed by atoms with Crippen LogP contribution in [-0.2, 0) is 35.1 Å². The summed E-state index contributed by atoms with van der Waals surface area (Å²) in [5.41, 5.74) is -0.235. The monoisotopic (exact) mass is 669 g/mol. The molecule has 11 heteroatoms. The number of likely N-dealkylation sites (tertiary alicyclic amines) is 1. The first-order chi connectivity index (χ1) is 22.7. The number of ketones is 1. The standard InChI is InChI=1S/C37H51NO10/c1-8-36(2,3)33(40)34(41)38-20-10-9-14-28(38)35(42)48-29(17-15-25-16-18-30(44-6)31(22-25)45-7)26-12-11-13-27(23-26)47-24-32(39)46-21-19-37(4,5)43/h11-13,16,18,22-23,28-29,43H,8-10,14-15,17,19-21,24H2,1-7H3/t28?,29-/m1/s1. The molecule has 2 atom stereocenters. The number of aryl methyl sites for hydroxylation is 1. The summed E-state index contributed by atoms with van der Waals surface area (Å²) in [6.45, 7) is 8.61. The van der Waals surface area contributed by atoms with Gasteiger partial charge in [-0.2, -0.15) is 0 Å². The molecular formula is C37H51NO10. The molecule has 1 saturated heterocycles. The highest BCUT2D eigenvalue weighted by atomic mass is 16.6. The van der Waals surface area contributed by atoms with Gasteiger partial charge in [0.05, 0.1) is 26.4 Å². The van der Waals surface area contributed by atoms with Crippen molar-refractivity contribution in [3.8, 4) is 17.2 Å². The molecule has 0 spiro atoms. The predicted molar refractivity (Wildman–Crippen MR) is 179 cm³/mol. The maximum Gasteiger partial charge on any atom is 0.344 e. The second-order valence-corrected chi connectivity index (χ2v) is 13.4. The van der Waals surface area contributed by atoms with E-state index in [0.29, 0.717) is 61.5 Å². The van der Waals surface area contributed by atoms with Crippen molar-refractivity contribution in [2.45, 2.75) is 97.3 Å². The van der Waals surface area contributed by atoms with Crippen molar-refractivity contribution < 1.29 is 48.0 Å². The van der Waals surface area contributed by atoms with Gasteiger partial charge in [0, 0.05) is 18.4 Å². The number of methoxy groups -OCH3 is 2. The molecule has 1 amide bonds. The Bertz CT molecular complexity index is 1410. The molecule has 264 valence electrons. The molecule has 48 heavy (non-hydrogen) atoms. The highest BCUT2D eigenvalue weighted by molar-refractivity contribution is 6.38. The molecule has 1 aliphatic heterocycles. The summed E-state index contributed by atoms with van der Waals surface area (Å²) in [4.78, 5) is 53.9. The third kappa shape index (κ3) is 11.0. The Balaban J connectivity index is 1.82. The molecule has 3 rings (SSSR count). The molecule has 0 aromatic heterocycles. The van der Waals surface area contributed by atoms with Gasteiger partial charge in [0.25, 0.3) is 5.91 Å². The van der Waals surface area contributed by atoms with Crippen molar-refractivity contribution in [1.29, 1.82) is 0 Å². The van der Waals surface area contributed by atoms with Crippen LogP contribution in [0.15, 0.2) is 42.5 Å². The van der Waals surface area contributed by atoms with E-state index in [4.69, 9.17) is 23.7 Å². The third-order valence-corrected chi connectivity index (χ3v) is 8.69. The normalized spacial score (nSPS) is 15.7. The van der Waals surface area contributed by atoms with Crippen LogP contribution in [0.25, 0.3) is 0 Å². The first-order valence-electron chi connectivity index (χ1n) is 16.6. The Hall–Kier alpha value is -4.12. The van der Waals surface area contributed by atoms with Crippen molar-refractivity contribution in [2.24, 2.45) is 5.41 Å². The van der Waals surface area contributed by atoms with Crippen LogP contribution in [0.4, 0.5) is 0 Å². The molecule has 0 aliphatic carbocycles. The average Bonchev–Trinajstić information content (AvgIpc) is 3.07. The Morgan fingerprint density at radius 2 is 1.71 bits per heavy atom. The number of aliphatic hydroxyl groups is 1. The fraction of sp³-hybridized carbons (Fsp3) is 0.568. The van der Waals surface area contributed by atoms with Crippen LogP contribution in [0.1, 0.15) is 90.4 Å². The molecule has 0 bridgehead atoms. The van der Waals surface area contributed by atoms with Crippen molar-refractivity contribution in [3.63, 3.8) is 0 Å². The topological polar surface area (TPSA) is 138 Å². The zero-order valence-corrected chi connectivity index (χ0v) is 29.3. The van der Waals surface area contributed by atoms with Crippen LogP contribution < -0.4 is 14.2 Å². The molecule has 1 fully saturated rings. The highest BCUT2D eigenvalue weighted by Gasteiger charge is 2.41. The number of esters is 2. The molecule has 2 aromatic carbocycles. The molecule has 1 heterocycles. The Morgan fingerprint density at radius 1 is 0.979 bits per heavy atom. The molecule has 11 nitrogen and oxygen atoms in total. The van der Waals surface area contributed by atoms with Gasteiger partial charge in [0.2, 0.25) is 5.78 Å². The van der Waals surface area contributed by atoms with Gasteiger partial charge in [-0.05, 0) is 87.8 Å². The Morgan fingerprint density at radius 3 is 2.38 bits per heavy atom. The Kier molecular flexibility index (Phi) is 13.8. The van der Waals surface area contributed by atoms with E-state index in [9.17, 15) is 24.3 Å². The summed E-state index contributed by atoms with van der Waals surface area (Å²) < 4.78 is 27.9. The van der Waals surface area contributed by atoms with Gasteiger partial charge in [-0.15, -0.1) is 0 Å². The quantitative estimate of drug-likeness (QED) is 0.172. The van der Waals surface area contributed by atoms with E-state index in [2.05, 4.69) is 0 Å². The van der Waals surface area contributed by atoms with Crippen LogP contribution in [0.3, 0.4) is 0 Å². The lowest BCUT2D eigenvalue weighted by Crippen LogP contribution is -2.53. The lowest BCUT2D eigenvalue weighted by molar-refractivity contribution is -0.164. The second kappa shape index (κ2) is 17.3. The number of carbonyl (C=O) groups is 4. The van der Waals surface area contributed by atoms with Crippen LogP contribution in [0.2, 0.25) is 0 Å². The van der Waals surface area contributed by atoms with Crippen LogP contribution in [-0.4, -0.2) is 79.3 Å². The number of rotatable bonds is 17. The van der Waals surface area contributed by atoms with Gasteiger partial charge in [0.15, 0.2) is 18.1 Å². The van der Waals surface area contributed by atoms with Crippen molar-refractivity contribution in [2.75, 3.05) is 34.0 Å². The SMILES string of the molecule is CCC(C)(C)C(=O)C(=O)N1CCCCC1C(=O)O[C@H](CCc1ccc(OC)c(OC)c1)c1cccc(OCC(=O)OCCC(C)(C)O)c1. The Labute approximate surface area is 283 Å². The van der Waals surface area contributed by atoms with E-state index >= 15 is 0 Å². The van der Waals surface area contributed by atoms with E-state index in [1.807, 2.05) is 25.1 Å². The highest BCUT2D eigenvalue weighted by Crippen LogP contribution is 2.32. The van der Waals surface area contributed by atoms with E-state index < -0.39 is 46.8 Å². The van der Waals surface area contributed by atoms with E-state index in [0.717, 1.165) is 12.0 Å². The van der Waals surface area contributed by atoms with Gasteiger partial charge in [0.1, 0.15) is 17.9 Å². The number of amides is 1. The number of carbonyl (C=O) groups excluding carboxylic acids is 4. The largest absolute Gasteiger partial charge is 0.493 e. The van der Waals surface area contributed by atoms with Gasteiger partial charge < -0.3 is 33.7 Å². The summed E-state index contributed by atoms with van der Waals surface area (Å²) >= 11 is 0.